The van der Waals surface area contributed by atoms with Crippen molar-refractivity contribution in [3.05, 3.63) is 53.5 Å². The van der Waals surface area contributed by atoms with Gasteiger partial charge in [0.25, 0.3) is 11.1 Å². The first-order chi connectivity index (χ1) is 12.1. The summed E-state index contributed by atoms with van der Waals surface area (Å²) in [6.07, 6.45) is 2.66. The maximum Gasteiger partial charge on any atom is 0.277 e. The van der Waals surface area contributed by atoms with Crippen LogP contribution in [0.2, 0.25) is 0 Å². The lowest BCUT2D eigenvalue weighted by Gasteiger charge is -2.09. The Morgan fingerprint density at radius 2 is 1.96 bits per heavy atom. The van der Waals surface area contributed by atoms with Gasteiger partial charge in [0.05, 0.1) is 17.6 Å². The molecule has 25 heavy (non-hydrogen) atoms. The highest BCUT2D eigenvalue weighted by Gasteiger charge is 2.15. The van der Waals surface area contributed by atoms with Crippen molar-refractivity contribution in [1.29, 1.82) is 0 Å². The second-order valence-electron chi connectivity index (χ2n) is 5.91. The Kier molecular flexibility index (Phi) is 5.38. The summed E-state index contributed by atoms with van der Waals surface area (Å²) < 4.78 is 10.8. The minimum atomic E-state index is 0.0416. The number of Topliss-reactive ketones (excluding diaryl/α,β-unsaturated/α-hetero) is 1. The van der Waals surface area contributed by atoms with Gasteiger partial charge in [-0.1, -0.05) is 49.9 Å². The average molecular weight is 356 g/mol. The molecule has 0 saturated heterocycles. The number of thioether (sulfide) groups is 1. The smallest absolute Gasteiger partial charge is 0.277 e. The number of hydrogen-bond donors (Lipinski definition) is 0. The van der Waals surface area contributed by atoms with Crippen molar-refractivity contribution in [3.63, 3.8) is 0 Å². The van der Waals surface area contributed by atoms with Gasteiger partial charge in [-0.25, -0.2) is 0 Å². The predicted octanol–water partition coefficient (Wildman–Crippen LogP) is 5.13. The van der Waals surface area contributed by atoms with Crippen molar-refractivity contribution in [3.8, 4) is 11.5 Å². The predicted molar refractivity (Wildman–Crippen MR) is 96.9 cm³/mol. The number of furan rings is 1. The highest BCUT2D eigenvalue weighted by Crippen LogP contribution is 2.27. The molecule has 0 N–H and O–H groups in total. The lowest BCUT2D eigenvalue weighted by Crippen LogP contribution is -2.03. The van der Waals surface area contributed by atoms with Crippen LogP contribution in [-0.2, 0) is 0 Å². The Labute approximate surface area is 150 Å². The van der Waals surface area contributed by atoms with Crippen molar-refractivity contribution in [2.75, 3.05) is 5.75 Å². The van der Waals surface area contributed by atoms with Gasteiger partial charge < -0.3 is 8.83 Å². The summed E-state index contributed by atoms with van der Waals surface area (Å²) in [5.41, 5.74) is 2.72. The highest BCUT2D eigenvalue weighted by molar-refractivity contribution is 7.99. The van der Waals surface area contributed by atoms with Crippen LogP contribution < -0.4 is 0 Å². The number of nitrogens with zero attached hydrogens (tertiary/aromatic N) is 2. The second-order valence-corrected chi connectivity index (χ2v) is 6.83. The normalized spacial score (nSPS) is 12.3. The van der Waals surface area contributed by atoms with Crippen LogP contribution in [0.15, 0.2) is 50.7 Å². The Morgan fingerprint density at radius 1 is 1.20 bits per heavy atom. The van der Waals surface area contributed by atoms with E-state index >= 15 is 0 Å². The van der Waals surface area contributed by atoms with Gasteiger partial charge in [-0.15, -0.1) is 10.2 Å². The molecule has 5 nitrogen and oxygen atoms in total. The molecular weight excluding hydrogens is 336 g/mol. The van der Waals surface area contributed by atoms with Crippen LogP contribution in [0.3, 0.4) is 0 Å². The van der Waals surface area contributed by atoms with Gasteiger partial charge in [-0.2, -0.15) is 0 Å². The lowest BCUT2D eigenvalue weighted by molar-refractivity contribution is 0.102. The standard InChI is InChI=1S/C19H20N2O3S/c1-4-12(2)14-5-7-15(8-6-14)17(22)11-25-19-21-20-18(24-19)16-9-10-23-13(16)3/h5-10,12H,4,11H2,1-3H3. The molecule has 130 valence electrons. The van der Waals surface area contributed by atoms with E-state index in [9.17, 15) is 4.79 Å². The number of carbonyl (C=O) groups excluding carboxylic acids is 1. The number of benzene rings is 1. The largest absolute Gasteiger partial charge is 0.469 e. The van der Waals surface area contributed by atoms with Gasteiger partial charge in [0, 0.05) is 5.56 Å². The van der Waals surface area contributed by atoms with Crippen molar-refractivity contribution in [1.82, 2.24) is 10.2 Å². The van der Waals surface area contributed by atoms with Crippen LogP contribution in [0.25, 0.3) is 11.5 Å². The number of aryl methyl sites for hydroxylation is 1. The van der Waals surface area contributed by atoms with E-state index in [1.165, 1.54) is 17.3 Å². The van der Waals surface area contributed by atoms with E-state index in [0.29, 0.717) is 22.6 Å². The minimum absolute atomic E-state index is 0.0416. The summed E-state index contributed by atoms with van der Waals surface area (Å²) >= 11 is 1.24. The molecule has 1 unspecified atom stereocenters. The Balaban J connectivity index is 1.61. The zero-order valence-electron chi connectivity index (χ0n) is 14.5. The molecule has 3 aromatic rings. The fourth-order valence-corrected chi connectivity index (χ4v) is 3.09. The van der Waals surface area contributed by atoms with Crippen molar-refractivity contribution in [2.45, 2.75) is 38.3 Å². The quantitative estimate of drug-likeness (QED) is 0.432. The van der Waals surface area contributed by atoms with Crippen LogP contribution in [-0.4, -0.2) is 21.7 Å². The number of aromatic nitrogens is 2. The molecule has 0 aliphatic rings. The zero-order chi connectivity index (χ0) is 17.8. The van der Waals surface area contributed by atoms with Crippen LogP contribution >= 0.6 is 11.8 Å². The molecule has 0 fully saturated rings. The van der Waals surface area contributed by atoms with Gasteiger partial charge in [0.2, 0.25) is 0 Å². The molecule has 0 spiro atoms. The number of rotatable bonds is 7. The topological polar surface area (TPSA) is 69.1 Å². The monoisotopic (exact) mass is 356 g/mol. The van der Waals surface area contributed by atoms with Gasteiger partial charge >= 0.3 is 0 Å². The molecule has 0 saturated carbocycles. The summed E-state index contributed by atoms with van der Waals surface area (Å²) in [5, 5.41) is 8.36. The SMILES string of the molecule is CCC(C)c1ccc(C(=O)CSc2nnc(-c3ccoc3C)o2)cc1. The van der Waals surface area contributed by atoms with E-state index in [-0.39, 0.29) is 11.5 Å². The van der Waals surface area contributed by atoms with Crippen molar-refractivity contribution >= 4 is 17.5 Å². The van der Waals surface area contributed by atoms with Crippen molar-refractivity contribution < 1.29 is 13.6 Å². The summed E-state index contributed by atoms with van der Waals surface area (Å²) in [6.45, 7) is 6.17. The van der Waals surface area contributed by atoms with Crippen LogP contribution in [0.5, 0.6) is 0 Å². The molecule has 2 aromatic heterocycles. The molecule has 1 aromatic carbocycles. The molecule has 6 heteroatoms. The summed E-state index contributed by atoms with van der Waals surface area (Å²) in [4.78, 5) is 12.3. The molecule has 1 atom stereocenters. The molecule has 0 aliphatic heterocycles. The first kappa shape index (κ1) is 17.5. The van der Waals surface area contributed by atoms with Gasteiger partial charge in [0.15, 0.2) is 5.78 Å². The van der Waals surface area contributed by atoms with E-state index in [0.717, 1.165) is 17.7 Å². The van der Waals surface area contributed by atoms with E-state index in [2.05, 4.69) is 24.0 Å². The Hall–Kier alpha value is -2.34. The van der Waals surface area contributed by atoms with E-state index in [4.69, 9.17) is 8.83 Å². The van der Waals surface area contributed by atoms with Gasteiger partial charge in [-0.05, 0) is 30.9 Å². The van der Waals surface area contributed by atoms with Gasteiger partial charge in [-0.3, -0.25) is 4.79 Å². The molecule has 2 heterocycles. The Morgan fingerprint density at radius 3 is 2.60 bits per heavy atom. The Bertz CT molecular complexity index is 852. The minimum Gasteiger partial charge on any atom is -0.469 e. The van der Waals surface area contributed by atoms with Gasteiger partial charge in [0.1, 0.15) is 5.76 Å². The third kappa shape index (κ3) is 4.02. The van der Waals surface area contributed by atoms with Crippen LogP contribution in [0.4, 0.5) is 0 Å². The van der Waals surface area contributed by atoms with E-state index in [1.807, 2.05) is 31.2 Å². The lowest BCUT2D eigenvalue weighted by atomic mass is 9.97. The van der Waals surface area contributed by atoms with Crippen molar-refractivity contribution in [2.24, 2.45) is 0 Å². The molecule has 0 amide bonds. The fraction of sp³-hybridized carbons (Fsp3) is 0.316. The molecule has 0 radical (unpaired) electrons. The molecule has 3 rings (SSSR count). The number of carbonyl (C=O) groups is 1. The van der Waals surface area contributed by atoms with E-state index < -0.39 is 0 Å². The first-order valence-corrected chi connectivity index (χ1v) is 9.21. The molecular formula is C19H20N2O3S. The van der Waals surface area contributed by atoms with Crippen LogP contribution in [0.1, 0.15) is 47.9 Å². The van der Waals surface area contributed by atoms with Crippen LogP contribution in [0, 0.1) is 6.92 Å². The third-order valence-electron chi connectivity index (χ3n) is 4.24. The highest BCUT2D eigenvalue weighted by atomic mass is 32.2. The number of ketones is 1. The third-order valence-corrected chi connectivity index (χ3v) is 5.05. The molecule has 0 bridgehead atoms. The maximum absolute atomic E-state index is 12.3. The summed E-state index contributed by atoms with van der Waals surface area (Å²) in [6, 6.07) is 9.61. The zero-order valence-corrected chi connectivity index (χ0v) is 15.3. The molecule has 0 aliphatic carbocycles. The average Bonchev–Trinajstić information content (AvgIpc) is 3.27. The number of hydrogen-bond acceptors (Lipinski definition) is 6. The summed E-state index contributed by atoms with van der Waals surface area (Å²) in [7, 11) is 0. The maximum atomic E-state index is 12.3. The summed E-state index contributed by atoms with van der Waals surface area (Å²) in [5.74, 6) is 1.92. The first-order valence-electron chi connectivity index (χ1n) is 8.22. The second kappa shape index (κ2) is 7.70. The fourth-order valence-electron chi connectivity index (χ4n) is 2.43. The van der Waals surface area contributed by atoms with E-state index in [1.54, 1.807) is 12.3 Å².